The van der Waals surface area contributed by atoms with Gasteiger partial charge in [-0.3, -0.25) is 19.1 Å². The minimum atomic E-state index is -4.61. The molecule has 1 aromatic heterocycles. The molecule has 3 amide bonds. The number of nitrogens with zero attached hydrogens (tertiary/aromatic N) is 2. The molecule has 5 atom stereocenters. The number of methoxy groups -OCH3 is 1. The van der Waals surface area contributed by atoms with Crippen molar-refractivity contribution in [3.63, 3.8) is 0 Å². The lowest BCUT2D eigenvalue weighted by Crippen LogP contribution is -2.57. The van der Waals surface area contributed by atoms with E-state index in [2.05, 4.69) is 15.4 Å². The fourth-order valence-electron chi connectivity index (χ4n) is 8.17. The van der Waals surface area contributed by atoms with Crippen molar-refractivity contribution in [2.75, 3.05) is 19.0 Å². The number of ether oxygens (including phenoxy) is 2. The lowest BCUT2D eigenvalue weighted by atomic mass is 10.0. The number of halogens is 3. The first-order valence-corrected chi connectivity index (χ1v) is 21.8. The van der Waals surface area contributed by atoms with E-state index in [9.17, 15) is 36.0 Å². The molecule has 3 N–H and O–H groups in total. The Bertz CT molecular complexity index is 2430. The molecule has 316 valence electrons. The van der Waals surface area contributed by atoms with Gasteiger partial charge in [0.1, 0.15) is 35.2 Å². The summed E-state index contributed by atoms with van der Waals surface area (Å²) in [5.41, 5.74) is -0.328. The number of anilines is 1. The molecule has 2 aliphatic carbocycles. The number of fused-ring (bicyclic) bond motifs is 3. The van der Waals surface area contributed by atoms with Gasteiger partial charge in [0.15, 0.2) is 0 Å². The minimum absolute atomic E-state index is 0.00687. The van der Waals surface area contributed by atoms with Gasteiger partial charge < -0.3 is 25.0 Å². The summed E-state index contributed by atoms with van der Waals surface area (Å²) in [4.78, 5) is 49.5. The van der Waals surface area contributed by atoms with Gasteiger partial charge in [-0.1, -0.05) is 61.4 Å². The molecule has 0 radical (unpaired) electrons. The Morgan fingerprint density at radius 3 is 2.52 bits per heavy atom. The number of alkyl halides is 3. The third-order valence-electron chi connectivity index (χ3n) is 11.7. The summed E-state index contributed by atoms with van der Waals surface area (Å²) < 4.78 is 81.5. The number of allylic oxidation sites excluding steroid dienone is 1. The molecule has 16 heteroatoms. The Kier molecular flexibility index (Phi) is 11.3. The van der Waals surface area contributed by atoms with E-state index >= 15 is 0 Å². The fourth-order valence-corrected chi connectivity index (χ4v) is 9.53. The van der Waals surface area contributed by atoms with Crippen LogP contribution in [0.5, 0.6) is 11.5 Å². The second kappa shape index (κ2) is 16.4. The number of pyridine rings is 1. The van der Waals surface area contributed by atoms with Crippen LogP contribution in [0.15, 0.2) is 91.0 Å². The molecule has 8 rings (SSSR count). The number of hydrogen-bond acceptors (Lipinski definition) is 9. The van der Waals surface area contributed by atoms with Gasteiger partial charge in [0, 0.05) is 41.1 Å². The van der Waals surface area contributed by atoms with E-state index in [4.69, 9.17) is 14.5 Å². The van der Waals surface area contributed by atoms with Crippen molar-refractivity contribution in [3.05, 3.63) is 96.6 Å². The van der Waals surface area contributed by atoms with Crippen LogP contribution in [0, 0.1) is 5.92 Å². The molecule has 0 unspecified atom stereocenters. The molecule has 12 nitrogen and oxygen atoms in total. The van der Waals surface area contributed by atoms with Gasteiger partial charge in [-0.05, 0) is 68.9 Å². The minimum Gasteiger partial charge on any atom is -0.497 e. The number of hydrogen-bond donors (Lipinski definition) is 3. The van der Waals surface area contributed by atoms with Crippen LogP contribution in [0.25, 0.3) is 22.2 Å². The highest BCUT2D eigenvalue weighted by Gasteiger charge is 2.62. The van der Waals surface area contributed by atoms with Crippen LogP contribution in [0.1, 0.15) is 63.4 Å². The number of carbonyl (C=O) groups is 3. The van der Waals surface area contributed by atoms with E-state index in [1.807, 2.05) is 48.6 Å². The van der Waals surface area contributed by atoms with Gasteiger partial charge >= 0.3 is 6.18 Å². The summed E-state index contributed by atoms with van der Waals surface area (Å²) in [7, 11) is -2.40. The molecule has 2 saturated carbocycles. The summed E-state index contributed by atoms with van der Waals surface area (Å²) >= 11 is 0. The molecular formula is C44H46F3N5O7S. The topological polar surface area (TPSA) is 156 Å². The average molecular weight is 846 g/mol. The Morgan fingerprint density at radius 2 is 1.77 bits per heavy atom. The standard InChI is InChI=1S/C44H46F3N5O7S/c1-58-31-17-20-34-37(22-31)49-36(27-11-6-5-7-12-27)24-39(34)59-32-23-38-40(53)50-43(42(55)51-60(56,57)33-18-19-33)25-29(43)13-8-3-2-4-9-16-35(41(54)52(38)26-32)48-30-15-10-14-28(21-30)44(45,46)47/h5-8,10-15,17,20-22,24,29,32-33,35,38,48H,2-4,9,16,18-19,23,25-26H2,1H3,(H,50,53)(H,51,55)/t29-,32-,35+,38+,43-/m1/s1. The Labute approximate surface area is 346 Å². The zero-order chi connectivity index (χ0) is 42.2. The first-order chi connectivity index (χ1) is 28.7. The molecule has 0 spiro atoms. The van der Waals surface area contributed by atoms with Gasteiger partial charge in [-0.25, -0.2) is 13.4 Å². The summed E-state index contributed by atoms with van der Waals surface area (Å²) in [5.74, 6) is -1.49. The van der Waals surface area contributed by atoms with Crippen molar-refractivity contribution >= 4 is 44.3 Å². The number of rotatable bonds is 9. The molecule has 3 heterocycles. The van der Waals surface area contributed by atoms with Crippen molar-refractivity contribution in [3.8, 4) is 22.8 Å². The zero-order valence-electron chi connectivity index (χ0n) is 32.9. The number of sulfonamides is 1. The van der Waals surface area contributed by atoms with Crippen LogP contribution >= 0.6 is 0 Å². The third-order valence-corrected chi connectivity index (χ3v) is 13.5. The van der Waals surface area contributed by atoms with Crippen LogP contribution in [0.4, 0.5) is 18.9 Å². The molecule has 0 bridgehead atoms. The van der Waals surface area contributed by atoms with Crippen LogP contribution in [0.3, 0.4) is 0 Å². The van der Waals surface area contributed by atoms with Gasteiger partial charge in [-0.2, -0.15) is 13.2 Å². The Morgan fingerprint density at radius 1 is 0.967 bits per heavy atom. The van der Waals surface area contributed by atoms with Gasteiger partial charge in [0.2, 0.25) is 21.8 Å². The molecule has 1 saturated heterocycles. The van der Waals surface area contributed by atoms with Crippen LogP contribution in [-0.4, -0.2) is 78.7 Å². The number of benzene rings is 3. The fraction of sp³-hybridized carbons (Fsp3) is 0.409. The van der Waals surface area contributed by atoms with Crippen molar-refractivity contribution in [2.24, 2.45) is 5.92 Å². The highest BCUT2D eigenvalue weighted by Crippen LogP contribution is 2.46. The summed E-state index contributed by atoms with van der Waals surface area (Å²) in [6.45, 7) is -0.0725. The van der Waals surface area contributed by atoms with Crippen LogP contribution < -0.4 is 24.8 Å². The maximum absolute atomic E-state index is 14.8. The highest BCUT2D eigenvalue weighted by atomic mass is 32.2. The van der Waals surface area contributed by atoms with Gasteiger partial charge in [0.05, 0.1) is 35.7 Å². The van der Waals surface area contributed by atoms with E-state index in [0.717, 1.165) is 24.1 Å². The molecule has 3 aromatic carbocycles. The van der Waals surface area contributed by atoms with E-state index < -0.39 is 74.4 Å². The lowest BCUT2D eigenvalue weighted by Gasteiger charge is -2.30. The Hall–Kier alpha value is -5.64. The van der Waals surface area contributed by atoms with Crippen molar-refractivity contribution in [2.45, 2.75) is 92.9 Å². The predicted molar refractivity (Wildman–Crippen MR) is 218 cm³/mol. The molecule has 2 aliphatic heterocycles. The number of carbonyl (C=O) groups excluding carboxylic acids is 3. The first kappa shape index (κ1) is 41.1. The summed E-state index contributed by atoms with van der Waals surface area (Å²) in [6, 6.07) is 19.1. The first-order valence-electron chi connectivity index (χ1n) is 20.2. The van der Waals surface area contributed by atoms with Crippen LogP contribution in [-0.2, 0) is 30.6 Å². The smallest absolute Gasteiger partial charge is 0.416 e. The lowest BCUT2D eigenvalue weighted by molar-refractivity contribution is -0.140. The van der Waals surface area contributed by atoms with Gasteiger partial charge in [0.25, 0.3) is 5.91 Å². The molecule has 4 aliphatic rings. The predicted octanol–water partition coefficient (Wildman–Crippen LogP) is 6.76. The largest absolute Gasteiger partial charge is 0.497 e. The average Bonchev–Trinajstić information content (AvgIpc) is 4.16. The van der Waals surface area contributed by atoms with Crippen molar-refractivity contribution in [1.82, 2.24) is 19.9 Å². The molecule has 4 aromatic rings. The molecule has 3 fully saturated rings. The Balaban J connectivity index is 1.14. The van der Waals surface area contributed by atoms with Crippen molar-refractivity contribution in [1.29, 1.82) is 0 Å². The third kappa shape index (κ3) is 8.79. The van der Waals surface area contributed by atoms with E-state index in [1.54, 1.807) is 25.3 Å². The SMILES string of the molecule is COc1ccc2c(O[C@@H]3C[C@H]4C(=O)N[C@]5(C(=O)NS(=O)(=O)C6CC6)C[C@H]5C=CCCCCC[C@H](Nc5cccc(C(F)(F)F)c5)C(=O)N4C3)cc(-c3ccccc3)nc2c1. The number of amides is 3. The quantitative estimate of drug-likeness (QED) is 0.155. The van der Waals surface area contributed by atoms with Crippen molar-refractivity contribution < 1.29 is 45.4 Å². The summed E-state index contributed by atoms with van der Waals surface area (Å²) in [6.07, 6.45) is 2.30. The molecule has 60 heavy (non-hydrogen) atoms. The van der Waals surface area contributed by atoms with E-state index in [0.29, 0.717) is 60.2 Å². The van der Waals surface area contributed by atoms with E-state index in [1.165, 1.54) is 17.0 Å². The highest BCUT2D eigenvalue weighted by molar-refractivity contribution is 7.91. The normalized spacial score (nSPS) is 25.0. The number of nitrogens with one attached hydrogen (secondary N) is 3. The number of aromatic nitrogens is 1. The zero-order valence-corrected chi connectivity index (χ0v) is 33.7. The second-order valence-electron chi connectivity index (χ2n) is 16.0. The van der Waals surface area contributed by atoms with Gasteiger partial charge in [-0.15, -0.1) is 0 Å². The summed E-state index contributed by atoms with van der Waals surface area (Å²) in [5, 5.41) is 5.90. The van der Waals surface area contributed by atoms with Crippen LogP contribution in [0.2, 0.25) is 0 Å². The maximum Gasteiger partial charge on any atom is 0.416 e. The maximum atomic E-state index is 14.8. The van der Waals surface area contributed by atoms with E-state index in [-0.39, 0.29) is 31.5 Å². The second-order valence-corrected chi connectivity index (χ2v) is 18.0. The molecular weight excluding hydrogens is 800 g/mol. The monoisotopic (exact) mass is 845 g/mol.